The minimum atomic E-state index is -0.247. The van der Waals surface area contributed by atoms with Crippen LogP contribution >= 0.6 is 0 Å². The van der Waals surface area contributed by atoms with Crippen LogP contribution < -0.4 is 0 Å². The van der Waals surface area contributed by atoms with Gasteiger partial charge in [0.25, 0.3) is 0 Å². The second-order valence-electron chi connectivity index (χ2n) is 7.10. The summed E-state index contributed by atoms with van der Waals surface area (Å²) in [7, 11) is 0. The molecule has 2 aliphatic carbocycles. The predicted octanol–water partition coefficient (Wildman–Crippen LogP) is 1.60. The van der Waals surface area contributed by atoms with E-state index in [9.17, 15) is 9.59 Å². The van der Waals surface area contributed by atoms with Crippen molar-refractivity contribution >= 4 is 11.9 Å². The van der Waals surface area contributed by atoms with Gasteiger partial charge in [0.2, 0.25) is 0 Å². The average Bonchev–Trinajstić information content (AvgIpc) is 3.13. The smallest absolute Gasteiger partial charge is 0.310 e. The minimum Gasteiger partial charge on any atom is -0.462 e. The van der Waals surface area contributed by atoms with Crippen LogP contribution in [0.1, 0.15) is 33.6 Å². The first-order valence-electron chi connectivity index (χ1n) is 8.77. The van der Waals surface area contributed by atoms with Crippen molar-refractivity contribution in [2.75, 3.05) is 32.8 Å². The predicted molar refractivity (Wildman–Crippen MR) is 80.8 cm³/mol. The van der Waals surface area contributed by atoms with E-state index in [1.807, 2.05) is 0 Å². The van der Waals surface area contributed by atoms with Crippen LogP contribution in [0.4, 0.5) is 0 Å². The van der Waals surface area contributed by atoms with Crippen molar-refractivity contribution in [2.45, 2.75) is 39.7 Å². The summed E-state index contributed by atoms with van der Waals surface area (Å²) in [6.45, 7) is 11.0. The molecule has 0 aromatic carbocycles. The molecule has 5 atom stereocenters. The average molecular weight is 310 g/mol. The first-order valence-corrected chi connectivity index (χ1v) is 8.77. The summed E-state index contributed by atoms with van der Waals surface area (Å²) in [5.74, 6) is -0.246. The number of fused-ring (bicyclic) bond motifs is 1. The van der Waals surface area contributed by atoms with Gasteiger partial charge >= 0.3 is 11.9 Å². The van der Waals surface area contributed by atoms with E-state index in [0.29, 0.717) is 12.5 Å². The number of carbonyl (C=O) groups excluding carboxylic acids is 2. The molecule has 0 amide bonds. The second kappa shape index (κ2) is 5.84. The number of ether oxygens (including phenoxy) is 2. The maximum atomic E-state index is 12.5. The molecule has 3 aliphatic rings. The highest BCUT2D eigenvalue weighted by Crippen LogP contribution is 2.57. The Morgan fingerprint density at radius 2 is 1.91 bits per heavy atom. The molecule has 0 N–H and O–H groups in total. The van der Waals surface area contributed by atoms with Gasteiger partial charge in [0.15, 0.2) is 0 Å². The molecule has 2 bridgehead atoms. The maximum absolute atomic E-state index is 12.5. The van der Waals surface area contributed by atoms with Gasteiger partial charge in [-0.25, -0.2) is 0 Å². The van der Waals surface area contributed by atoms with E-state index in [1.165, 1.54) is 0 Å². The molecule has 3 rings (SSSR count). The lowest BCUT2D eigenvalue weighted by Crippen LogP contribution is -2.50. The zero-order chi connectivity index (χ0) is 15.9. The molecule has 5 heteroatoms. The van der Waals surface area contributed by atoms with E-state index >= 15 is 0 Å². The lowest BCUT2D eigenvalue weighted by molar-refractivity contribution is -0.923. The summed E-state index contributed by atoms with van der Waals surface area (Å²) >= 11 is 0. The largest absolute Gasteiger partial charge is 0.462 e. The molecule has 0 unspecified atom stereocenters. The number of likely N-dealkylation sites (N-methyl/N-ethyl adjacent to an activating group) is 1. The summed E-state index contributed by atoms with van der Waals surface area (Å²) in [6.07, 6.45) is 1.89. The highest BCUT2D eigenvalue weighted by Gasteiger charge is 2.64. The van der Waals surface area contributed by atoms with Gasteiger partial charge in [0.1, 0.15) is 19.3 Å². The lowest BCUT2D eigenvalue weighted by atomic mass is 9.80. The number of quaternary nitrogens is 1. The van der Waals surface area contributed by atoms with E-state index in [2.05, 4.69) is 20.8 Å². The van der Waals surface area contributed by atoms with Gasteiger partial charge in [-0.15, -0.1) is 0 Å². The molecule has 0 aromatic heterocycles. The Bertz CT molecular complexity index is 449. The summed E-state index contributed by atoms with van der Waals surface area (Å²) in [6, 6.07) is 0. The van der Waals surface area contributed by atoms with E-state index in [1.54, 1.807) is 0 Å². The van der Waals surface area contributed by atoms with Crippen LogP contribution in [0.15, 0.2) is 0 Å². The molecule has 1 heterocycles. The number of rotatable bonds is 7. The summed E-state index contributed by atoms with van der Waals surface area (Å²) in [5, 5.41) is 0. The van der Waals surface area contributed by atoms with Crippen molar-refractivity contribution in [3.63, 3.8) is 0 Å². The van der Waals surface area contributed by atoms with Gasteiger partial charge in [-0.3, -0.25) is 9.59 Å². The molecule has 0 aromatic rings. The SMILES string of the molecule is CC[N+](CC)(CC)CCOC(=O)[C@H]1[C@H]2C[C@@H]3[C@@H]1C(=O)O[C@@H]3C2. The fraction of sp³-hybridized carbons (Fsp3) is 0.882. The monoisotopic (exact) mass is 310 g/mol. The molecule has 2 saturated carbocycles. The maximum Gasteiger partial charge on any atom is 0.310 e. The van der Waals surface area contributed by atoms with Crippen LogP contribution in [0.2, 0.25) is 0 Å². The van der Waals surface area contributed by atoms with E-state index in [4.69, 9.17) is 9.47 Å². The molecular weight excluding hydrogens is 282 g/mol. The van der Waals surface area contributed by atoms with Gasteiger partial charge in [-0.05, 0) is 39.5 Å². The first-order chi connectivity index (χ1) is 10.5. The fourth-order valence-electron chi connectivity index (χ4n) is 4.91. The van der Waals surface area contributed by atoms with Crippen LogP contribution in [0, 0.1) is 23.7 Å². The van der Waals surface area contributed by atoms with Crippen molar-refractivity contribution in [3.05, 3.63) is 0 Å². The van der Waals surface area contributed by atoms with Crippen LogP contribution in [0.3, 0.4) is 0 Å². The third-order valence-electron chi connectivity index (χ3n) is 6.58. The van der Waals surface area contributed by atoms with E-state index < -0.39 is 0 Å². The van der Waals surface area contributed by atoms with Crippen LogP contribution in [0.25, 0.3) is 0 Å². The van der Waals surface area contributed by atoms with Crippen LogP contribution in [0.5, 0.6) is 0 Å². The third-order valence-corrected chi connectivity index (χ3v) is 6.58. The molecule has 1 aliphatic heterocycles. The van der Waals surface area contributed by atoms with Gasteiger partial charge < -0.3 is 14.0 Å². The molecule has 1 saturated heterocycles. The standard InChI is InChI=1S/C17H28NO4/c1-4-18(5-2,6-3)7-8-21-16(19)14-11-9-12-13(10-11)22-17(20)15(12)14/h11-15H,4-10H2,1-3H3/q+1/t11-,12-,13+,14-,15-/m0/s1. The van der Waals surface area contributed by atoms with E-state index in [-0.39, 0.29) is 35.8 Å². The van der Waals surface area contributed by atoms with Crippen molar-refractivity contribution in [2.24, 2.45) is 23.7 Å². The summed E-state index contributed by atoms with van der Waals surface area (Å²) in [4.78, 5) is 24.4. The zero-order valence-corrected chi connectivity index (χ0v) is 13.9. The number of esters is 2. The number of nitrogens with zero attached hydrogens (tertiary/aromatic N) is 1. The van der Waals surface area contributed by atoms with Crippen molar-refractivity contribution in [1.82, 2.24) is 0 Å². The van der Waals surface area contributed by atoms with Gasteiger partial charge in [0.05, 0.1) is 31.5 Å². The van der Waals surface area contributed by atoms with Crippen LogP contribution in [-0.4, -0.2) is 55.3 Å². The normalized spacial score (nSPS) is 35.8. The van der Waals surface area contributed by atoms with Crippen molar-refractivity contribution < 1.29 is 23.5 Å². The van der Waals surface area contributed by atoms with Crippen LogP contribution in [-0.2, 0) is 19.1 Å². The topological polar surface area (TPSA) is 52.6 Å². The fourth-order valence-corrected chi connectivity index (χ4v) is 4.91. The van der Waals surface area contributed by atoms with Gasteiger partial charge in [-0.1, -0.05) is 0 Å². The van der Waals surface area contributed by atoms with Gasteiger partial charge in [-0.2, -0.15) is 0 Å². The third kappa shape index (κ3) is 2.34. The minimum absolute atomic E-state index is 0.0798. The first kappa shape index (κ1) is 15.8. The lowest BCUT2D eigenvalue weighted by Gasteiger charge is -2.35. The molecule has 0 spiro atoms. The molecule has 22 heavy (non-hydrogen) atoms. The molecular formula is C17H28NO4+. The Hall–Kier alpha value is -1.10. The summed E-state index contributed by atoms with van der Waals surface area (Å²) < 4.78 is 11.9. The summed E-state index contributed by atoms with van der Waals surface area (Å²) in [5.41, 5.74) is 0. The van der Waals surface area contributed by atoms with E-state index in [0.717, 1.165) is 43.5 Å². The molecule has 5 nitrogen and oxygen atoms in total. The molecule has 124 valence electrons. The second-order valence-corrected chi connectivity index (χ2v) is 7.10. The Labute approximate surface area is 132 Å². The number of hydrogen-bond donors (Lipinski definition) is 0. The van der Waals surface area contributed by atoms with Gasteiger partial charge in [0, 0.05) is 5.92 Å². The quantitative estimate of drug-likeness (QED) is 0.529. The molecule has 0 radical (unpaired) electrons. The number of hydrogen-bond acceptors (Lipinski definition) is 4. The molecule has 3 fully saturated rings. The number of carbonyl (C=O) groups is 2. The van der Waals surface area contributed by atoms with Crippen molar-refractivity contribution in [1.29, 1.82) is 0 Å². The highest BCUT2D eigenvalue weighted by atomic mass is 16.6. The zero-order valence-electron chi connectivity index (χ0n) is 13.9. The Kier molecular flexibility index (Phi) is 4.19. The Balaban J connectivity index is 1.56. The van der Waals surface area contributed by atoms with Crippen molar-refractivity contribution in [3.8, 4) is 0 Å². The Morgan fingerprint density at radius 3 is 2.55 bits per heavy atom. The Morgan fingerprint density at radius 1 is 1.23 bits per heavy atom. The highest BCUT2D eigenvalue weighted by molar-refractivity contribution is 5.85.